The van der Waals surface area contributed by atoms with E-state index in [1.807, 2.05) is 73.0 Å². The van der Waals surface area contributed by atoms with Crippen molar-refractivity contribution in [1.29, 1.82) is 0 Å². The van der Waals surface area contributed by atoms with E-state index in [-0.39, 0.29) is 5.25 Å². The third kappa shape index (κ3) is 8.89. The van der Waals surface area contributed by atoms with Crippen molar-refractivity contribution in [1.82, 2.24) is 4.98 Å². The molecule has 4 aromatic rings. The highest BCUT2D eigenvalue weighted by atomic mass is 35.5. The van der Waals surface area contributed by atoms with Crippen molar-refractivity contribution in [3.8, 4) is 5.75 Å². The number of aliphatic carboxylic acids is 1. The number of benzene rings is 3. The van der Waals surface area contributed by atoms with Crippen LogP contribution < -0.4 is 4.74 Å². The van der Waals surface area contributed by atoms with Crippen LogP contribution in [-0.4, -0.2) is 38.9 Å². The van der Waals surface area contributed by atoms with Crippen molar-refractivity contribution in [2.45, 2.75) is 44.1 Å². The summed E-state index contributed by atoms with van der Waals surface area (Å²) in [6, 6.07) is 25.6. The number of ether oxygens (including phenoxy) is 1. The minimum Gasteiger partial charge on any atom is -0.487 e. The third-order valence-corrected chi connectivity index (χ3v) is 9.37. The van der Waals surface area contributed by atoms with Gasteiger partial charge in [-0.1, -0.05) is 60.1 Å². The molecule has 0 radical (unpaired) electrons. The molecule has 41 heavy (non-hydrogen) atoms. The quantitative estimate of drug-likeness (QED) is 0.149. The predicted molar refractivity (Wildman–Crippen MR) is 172 cm³/mol. The summed E-state index contributed by atoms with van der Waals surface area (Å²) in [5.74, 6) is 0.635. The molecule has 216 valence electrons. The Labute approximate surface area is 255 Å². The number of carbonyl (C=O) groups is 1. The molecule has 2 N–H and O–H groups in total. The van der Waals surface area contributed by atoms with Gasteiger partial charge in [-0.2, -0.15) is 23.5 Å². The molecule has 0 bridgehead atoms. The lowest BCUT2D eigenvalue weighted by atomic mass is 9.90. The maximum atomic E-state index is 11.9. The van der Waals surface area contributed by atoms with E-state index in [0.717, 1.165) is 51.9 Å². The van der Waals surface area contributed by atoms with Crippen LogP contribution in [-0.2, 0) is 23.4 Å². The Hall–Kier alpha value is -2.71. The maximum absolute atomic E-state index is 11.9. The molecule has 5 nitrogen and oxygen atoms in total. The molecule has 3 aromatic carbocycles. The fraction of sp³-hybridized carbons (Fsp3) is 0.333. The number of hydrogen-bond donors (Lipinski definition) is 2. The van der Waals surface area contributed by atoms with Crippen LogP contribution in [0.15, 0.2) is 78.9 Å². The van der Waals surface area contributed by atoms with E-state index < -0.39 is 17.5 Å². The molecule has 1 heterocycles. The number of aryl methyl sites for hydroxylation is 1. The van der Waals surface area contributed by atoms with Gasteiger partial charge < -0.3 is 14.9 Å². The second kappa shape index (κ2) is 14.5. The highest BCUT2D eigenvalue weighted by molar-refractivity contribution is 8.00. The molecule has 0 saturated heterocycles. The number of fused-ring (bicyclic) bond motifs is 1. The van der Waals surface area contributed by atoms with Crippen molar-refractivity contribution in [2.75, 3.05) is 17.8 Å². The first-order valence-corrected chi connectivity index (χ1v) is 16.4. The van der Waals surface area contributed by atoms with Gasteiger partial charge in [-0.3, -0.25) is 4.79 Å². The number of thioether (sulfide) groups is 2. The average Bonchev–Trinajstić information content (AvgIpc) is 2.95. The molecular weight excluding hydrogens is 574 g/mol. The lowest BCUT2D eigenvalue weighted by Crippen LogP contribution is -2.20. The normalized spacial score (nSPS) is 13.2. The van der Waals surface area contributed by atoms with E-state index in [2.05, 4.69) is 12.1 Å². The van der Waals surface area contributed by atoms with Gasteiger partial charge in [0.05, 0.1) is 22.7 Å². The van der Waals surface area contributed by atoms with Gasteiger partial charge in [0.1, 0.15) is 12.4 Å². The summed E-state index contributed by atoms with van der Waals surface area (Å²) in [5.41, 5.74) is 3.78. The largest absolute Gasteiger partial charge is 0.487 e. The predicted octanol–water partition coefficient (Wildman–Crippen LogP) is 8.17. The lowest BCUT2D eigenvalue weighted by molar-refractivity contribution is -0.140. The Kier molecular flexibility index (Phi) is 11.0. The summed E-state index contributed by atoms with van der Waals surface area (Å²) in [6.45, 7) is 3.92. The van der Waals surface area contributed by atoms with E-state index in [1.165, 1.54) is 0 Å². The topological polar surface area (TPSA) is 79.7 Å². The smallest absolute Gasteiger partial charge is 0.308 e. The van der Waals surface area contributed by atoms with Gasteiger partial charge in [0.25, 0.3) is 0 Å². The Bertz CT molecular complexity index is 1470. The number of pyridine rings is 1. The average molecular weight is 610 g/mol. The summed E-state index contributed by atoms with van der Waals surface area (Å²) < 4.78 is 6.16. The molecule has 0 saturated carbocycles. The van der Waals surface area contributed by atoms with Crippen molar-refractivity contribution >= 4 is 52.0 Å². The second-order valence-corrected chi connectivity index (χ2v) is 13.2. The van der Waals surface area contributed by atoms with Crippen LogP contribution in [0.5, 0.6) is 5.75 Å². The minimum absolute atomic E-state index is 0.0538. The molecule has 0 spiro atoms. The zero-order valence-corrected chi connectivity index (χ0v) is 25.9. The lowest BCUT2D eigenvalue weighted by Gasteiger charge is -2.24. The SMILES string of the molecule is CSCC(CSC(CCc1ccccc1C(C)(C)O)c1cccc(OCc2ccc3ccc(Cl)cc3n2)c1)C(=O)O. The van der Waals surface area contributed by atoms with Gasteiger partial charge in [0, 0.05) is 27.2 Å². The fourth-order valence-electron chi connectivity index (χ4n) is 4.77. The zero-order valence-electron chi connectivity index (χ0n) is 23.5. The first-order valence-electron chi connectivity index (χ1n) is 13.6. The van der Waals surface area contributed by atoms with Crippen LogP contribution in [0.4, 0.5) is 0 Å². The first kappa shape index (κ1) is 31.2. The summed E-state index contributed by atoms with van der Waals surface area (Å²) in [6.07, 6.45) is 3.48. The van der Waals surface area contributed by atoms with Gasteiger partial charge in [0.2, 0.25) is 0 Å². The molecule has 2 atom stereocenters. The maximum Gasteiger partial charge on any atom is 0.308 e. The molecule has 0 aliphatic heterocycles. The van der Waals surface area contributed by atoms with Crippen molar-refractivity contribution in [3.05, 3.63) is 106 Å². The van der Waals surface area contributed by atoms with Crippen LogP contribution in [0.3, 0.4) is 0 Å². The number of carboxylic acids is 1. The van der Waals surface area contributed by atoms with E-state index in [9.17, 15) is 15.0 Å². The Balaban J connectivity index is 1.53. The van der Waals surface area contributed by atoms with Gasteiger partial charge in [0.15, 0.2) is 0 Å². The van der Waals surface area contributed by atoms with Crippen LogP contribution in [0.1, 0.15) is 47.9 Å². The molecule has 0 amide bonds. The van der Waals surface area contributed by atoms with Crippen LogP contribution in [0, 0.1) is 5.92 Å². The molecule has 1 aromatic heterocycles. The molecule has 4 rings (SSSR count). The van der Waals surface area contributed by atoms with E-state index in [0.29, 0.717) is 23.1 Å². The third-order valence-electron chi connectivity index (χ3n) is 6.90. The number of aromatic nitrogens is 1. The monoisotopic (exact) mass is 609 g/mol. The zero-order chi connectivity index (χ0) is 29.4. The highest BCUT2D eigenvalue weighted by Crippen LogP contribution is 2.37. The molecule has 0 aliphatic carbocycles. The van der Waals surface area contributed by atoms with Gasteiger partial charge >= 0.3 is 5.97 Å². The first-order chi connectivity index (χ1) is 19.6. The standard InChI is InChI=1S/C33H36ClNO4S2/c1-33(2,38)29-10-5-4-7-22(29)13-16-31(41-21-25(20-40-3)32(36)37)24-8-6-9-28(17-24)39-19-27-15-12-23-11-14-26(34)18-30(23)35-27/h4-12,14-15,17-18,25,31,38H,13,16,19-21H2,1-3H3,(H,36,37). The molecular formula is C33H36ClNO4S2. The second-order valence-electron chi connectivity index (χ2n) is 10.6. The fourth-order valence-corrected chi connectivity index (χ4v) is 7.09. The molecule has 8 heteroatoms. The summed E-state index contributed by atoms with van der Waals surface area (Å²) in [5, 5.41) is 22.2. The van der Waals surface area contributed by atoms with Crippen molar-refractivity contribution < 1.29 is 19.7 Å². The van der Waals surface area contributed by atoms with Crippen LogP contribution >= 0.6 is 35.1 Å². The Morgan fingerprint density at radius 3 is 2.56 bits per heavy atom. The Morgan fingerprint density at radius 2 is 1.80 bits per heavy atom. The Morgan fingerprint density at radius 1 is 1.02 bits per heavy atom. The molecule has 0 fully saturated rings. The van der Waals surface area contributed by atoms with Gasteiger partial charge in [-0.05, 0) is 80.0 Å². The number of carboxylic acid groups (broad SMARTS) is 1. The summed E-state index contributed by atoms with van der Waals surface area (Å²) in [4.78, 5) is 16.6. The number of aliphatic hydroxyl groups is 1. The minimum atomic E-state index is -0.943. The van der Waals surface area contributed by atoms with Gasteiger partial charge in [-0.15, -0.1) is 0 Å². The van der Waals surface area contributed by atoms with E-state index >= 15 is 0 Å². The summed E-state index contributed by atoms with van der Waals surface area (Å²) >= 11 is 9.37. The van der Waals surface area contributed by atoms with Crippen LogP contribution in [0.25, 0.3) is 10.9 Å². The summed E-state index contributed by atoms with van der Waals surface area (Å²) in [7, 11) is 0. The van der Waals surface area contributed by atoms with E-state index in [1.54, 1.807) is 37.4 Å². The number of nitrogens with zero attached hydrogens (tertiary/aromatic N) is 1. The van der Waals surface area contributed by atoms with Crippen molar-refractivity contribution in [3.63, 3.8) is 0 Å². The molecule has 0 aliphatic rings. The number of hydrogen-bond acceptors (Lipinski definition) is 6. The number of halogens is 1. The number of rotatable bonds is 14. The molecule has 2 unspecified atom stereocenters. The van der Waals surface area contributed by atoms with E-state index in [4.69, 9.17) is 21.3 Å². The van der Waals surface area contributed by atoms with Crippen molar-refractivity contribution in [2.24, 2.45) is 5.92 Å². The van der Waals surface area contributed by atoms with Crippen LogP contribution in [0.2, 0.25) is 5.02 Å². The van der Waals surface area contributed by atoms with Gasteiger partial charge in [-0.25, -0.2) is 4.98 Å². The highest BCUT2D eigenvalue weighted by Gasteiger charge is 2.23.